The third-order valence-corrected chi connectivity index (χ3v) is 7.19. The third kappa shape index (κ3) is 3.25. The fourth-order valence-corrected chi connectivity index (χ4v) is 5.20. The Labute approximate surface area is 200 Å². The van der Waals surface area contributed by atoms with Gasteiger partial charge < -0.3 is 24.7 Å². The lowest BCUT2D eigenvalue weighted by molar-refractivity contribution is 0.155. The molecule has 1 atom stereocenters. The normalized spacial score (nSPS) is 17.8. The van der Waals surface area contributed by atoms with Crippen LogP contribution in [0, 0.1) is 18.3 Å². The Kier molecular flexibility index (Phi) is 4.61. The van der Waals surface area contributed by atoms with Crippen molar-refractivity contribution < 1.29 is 14.3 Å². The Morgan fingerprint density at radius 1 is 1.26 bits per heavy atom. The molecule has 35 heavy (non-hydrogen) atoms. The van der Waals surface area contributed by atoms with E-state index in [1.165, 1.54) is 4.90 Å². The minimum absolute atomic E-state index is 0.110. The largest absolute Gasteiger partial charge is 0.465 e. The molecule has 1 saturated carbocycles. The maximum Gasteiger partial charge on any atom is 0.407 e. The van der Waals surface area contributed by atoms with E-state index in [0.29, 0.717) is 47.8 Å². The Bertz CT molecular complexity index is 1640. The zero-order chi connectivity index (χ0) is 24.4. The predicted octanol–water partition coefficient (Wildman–Crippen LogP) is 4.37. The second kappa shape index (κ2) is 7.60. The molecule has 9 nitrogen and oxygen atoms in total. The van der Waals surface area contributed by atoms with Crippen molar-refractivity contribution >= 4 is 33.8 Å². The standard InChI is InChI=1S/C26H23N5O4/c1-13-18(14-2-7-20(28)16(10-14)11-27)5-6-19-22(13)31(17-3-4-17)25(32)21-23(19)35-24(29-21)15-8-9-30(12-15)26(33)34/h2,5-7,10,15,17H,3-4,8-9,12,28H2,1H3,(H,33,34)/t15-/m0/s1. The number of nitriles is 1. The number of benzene rings is 2. The highest BCUT2D eigenvalue weighted by Crippen LogP contribution is 2.41. The molecule has 0 radical (unpaired) electrons. The Hall–Kier alpha value is -4.32. The van der Waals surface area contributed by atoms with E-state index >= 15 is 0 Å². The maximum absolute atomic E-state index is 13.6. The molecule has 1 aliphatic carbocycles. The molecule has 2 aromatic heterocycles. The molecule has 0 spiro atoms. The number of nitrogen functional groups attached to an aromatic ring is 1. The molecule has 0 unspecified atom stereocenters. The van der Waals surface area contributed by atoms with E-state index in [1.54, 1.807) is 12.1 Å². The quantitative estimate of drug-likeness (QED) is 0.425. The summed E-state index contributed by atoms with van der Waals surface area (Å²) in [6.07, 6.45) is 1.49. The number of pyridine rings is 1. The smallest absolute Gasteiger partial charge is 0.407 e. The average molecular weight is 470 g/mol. The molecule has 3 heterocycles. The number of aryl methyl sites for hydroxylation is 1. The molecular weight excluding hydrogens is 446 g/mol. The van der Waals surface area contributed by atoms with E-state index in [1.807, 2.05) is 29.7 Å². The fraction of sp³-hybridized carbons (Fsp3) is 0.308. The van der Waals surface area contributed by atoms with Gasteiger partial charge in [0.25, 0.3) is 5.56 Å². The number of aromatic nitrogens is 2. The highest BCUT2D eigenvalue weighted by Gasteiger charge is 2.33. The lowest BCUT2D eigenvalue weighted by Gasteiger charge is -2.15. The second-order valence-corrected chi connectivity index (χ2v) is 9.40. The zero-order valence-corrected chi connectivity index (χ0v) is 19.1. The number of hydrogen-bond acceptors (Lipinski definition) is 6. The number of rotatable bonds is 3. The summed E-state index contributed by atoms with van der Waals surface area (Å²) in [5, 5.41) is 19.5. The lowest BCUT2D eigenvalue weighted by Crippen LogP contribution is -2.26. The molecule has 1 saturated heterocycles. The van der Waals surface area contributed by atoms with Crippen LogP contribution in [0.25, 0.3) is 33.1 Å². The highest BCUT2D eigenvalue weighted by molar-refractivity contribution is 6.04. The van der Waals surface area contributed by atoms with E-state index in [9.17, 15) is 20.0 Å². The number of fused-ring (bicyclic) bond motifs is 3. The van der Waals surface area contributed by atoms with Crippen LogP contribution in [0.4, 0.5) is 10.5 Å². The summed E-state index contributed by atoms with van der Waals surface area (Å²) >= 11 is 0. The summed E-state index contributed by atoms with van der Waals surface area (Å²) in [4.78, 5) is 30.9. The van der Waals surface area contributed by atoms with Gasteiger partial charge in [0.15, 0.2) is 11.1 Å². The first-order chi connectivity index (χ1) is 16.9. The SMILES string of the molecule is Cc1c(-c2ccc(N)c(C#N)c2)ccc2c3oc([C@H]4CCN(C(=O)O)C4)nc3c(=O)n(C3CC3)c12. The Balaban J connectivity index is 1.57. The van der Waals surface area contributed by atoms with Gasteiger partial charge in [0.2, 0.25) is 5.89 Å². The molecule has 0 bridgehead atoms. The number of carboxylic acid groups (broad SMARTS) is 1. The minimum atomic E-state index is -0.962. The number of likely N-dealkylation sites (tertiary alicyclic amines) is 1. The number of anilines is 1. The predicted molar refractivity (Wildman–Crippen MR) is 130 cm³/mol. The molecule has 6 rings (SSSR count). The number of amides is 1. The minimum Gasteiger partial charge on any atom is -0.465 e. The molecule has 9 heteroatoms. The number of nitrogens with zero attached hydrogens (tertiary/aromatic N) is 4. The van der Waals surface area contributed by atoms with E-state index in [0.717, 1.165) is 40.4 Å². The van der Waals surface area contributed by atoms with E-state index in [4.69, 9.17) is 10.2 Å². The van der Waals surface area contributed by atoms with E-state index in [2.05, 4.69) is 11.1 Å². The van der Waals surface area contributed by atoms with Crippen molar-refractivity contribution in [2.45, 2.75) is 38.1 Å². The highest BCUT2D eigenvalue weighted by atomic mass is 16.4. The van der Waals surface area contributed by atoms with Gasteiger partial charge in [-0.15, -0.1) is 0 Å². The van der Waals surface area contributed by atoms with Crippen LogP contribution in [0.1, 0.15) is 48.2 Å². The van der Waals surface area contributed by atoms with Crippen LogP contribution < -0.4 is 11.3 Å². The summed E-state index contributed by atoms with van der Waals surface area (Å²) < 4.78 is 8.02. The molecule has 2 aliphatic rings. The molecule has 176 valence electrons. The van der Waals surface area contributed by atoms with Crippen LogP contribution >= 0.6 is 0 Å². The first-order valence-electron chi connectivity index (χ1n) is 11.6. The van der Waals surface area contributed by atoms with Crippen molar-refractivity contribution in [3.63, 3.8) is 0 Å². The summed E-state index contributed by atoms with van der Waals surface area (Å²) in [7, 11) is 0. The van der Waals surface area contributed by atoms with Crippen LogP contribution in [-0.4, -0.2) is 38.7 Å². The zero-order valence-electron chi connectivity index (χ0n) is 19.1. The van der Waals surface area contributed by atoms with Crippen molar-refractivity contribution in [3.8, 4) is 17.2 Å². The van der Waals surface area contributed by atoms with Crippen LogP contribution in [0.3, 0.4) is 0 Å². The third-order valence-electron chi connectivity index (χ3n) is 7.19. The monoisotopic (exact) mass is 469 g/mol. The summed E-state index contributed by atoms with van der Waals surface area (Å²) in [6.45, 7) is 2.70. The molecule has 2 fully saturated rings. The van der Waals surface area contributed by atoms with Crippen LogP contribution in [0.5, 0.6) is 0 Å². The topological polar surface area (TPSA) is 138 Å². The van der Waals surface area contributed by atoms with Gasteiger partial charge in [-0.05, 0) is 61.1 Å². The maximum atomic E-state index is 13.6. The Morgan fingerprint density at radius 2 is 2.06 bits per heavy atom. The lowest BCUT2D eigenvalue weighted by atomic mass is 9.95. The number of nitrogens with two attached hydrogens (primary N) is 1. The molecular formula is C26H23N5O4. The van der Waals surface area contributed by atoms with E-state index in [-0.39, 0.29) is 17.5 Å². The number of oxazole rings is 1. The number of hydrogen-bond donors (Lipinski definition) is 2. The summed E-state index contributed by atoms with van der Waals surface area (Å²) in [6, 6.07) is 11.5. The van der Waals surface area contributed by atoms with Crippen LogP contribution in [0.15, 0.2) is 39.5 Å². The first kappa shape index (κ1) is 21.2. The molecule has 1 amide bonds. The van der Waals surface area contributed by atoms with Crippen LogP contribution in [0.2, 0.25) is 0 Å². The molecule has 3 N–H and O–H groups in total. The van der Waals surface area contributed by atoms with Gasteiger partial charge >= 0.3 is 6.09 Å². The van der Waals surface area contributed by atoms with Crippen molar-refractivity contribution in [2.24, 2.45) is 0 Å². The van der Waals surface area contributed by atoms with Crippen molar-refractivity contribution in [1.29, 1.82) is 5.26 Å². The van der Waals surface area contributed by atoms with Crippen LogP contribution in [-0.2, 0) is 0 Å². The summed E-state index contributed by atoms with van der Waals surface area (Å²) in [5.74, 6) is 0.233. The van der Waals surface area contributed by atoms with Gasteiger partial charge in [0, 0.05) is 30.2 Å². The van der Waals surface area contributed by atoms with Gasteiger partial charge in [-0.2, -0.15) is 5.26 Å². The first-order valence-corrected chi connectivity index (χ1v) is 11.6. The van der Waals surface area contributed by atoms with Crippen molar-refractivity contribution in [1.82, 2.24) is 14.5 Å². The van der Waals surface area contributed by atoms with Crippen molar-refractivity contribution in [2.75, 3.05) is 18.8 Å². The van der Waals surface area contributed by atoms with Gasteiger partial charge in [-0.25, -0.2) is 9.78 Å². The molecule has 1 aliphatic heterocycles. The summed E-state index contributed by atoms with van der Waals surface area (Å²) in [5.41, 5.74) is 10.8. The fourth-order valence-electron chi connectivity index (χ4n) is 5.20. The van der Waals surface area contributed by atoms with Gasteiger partial charge in [-0.3, -0.25) is 4.79 Å². The van der Waals surface area contributed by atoms with Gasteiger partial charge in [0.1, 0.15) is 6.07 Å². The van der Waals surface area contributed by atoms with Gasteiger partial charge in [-0.1, -0.05) is 12.1 Å². The second-order valence-electron chi connectivity index (χ2n) is 9.40. The molecule has 2 aromatic carbocycles. The van der Waals surface area contributed by atoms with Crippen molar-refractivity contribution in [3.05, 3.63) is 57.7 Å². The number of carbonyl (C=O) groups is 1. The van der Waals surface area contributed by atoms with Gasteiger partial charge in [0.05, 0.1) is 17.0 Å². The van der Waals surface area contributed by atoms with E-state index < -0.39 is 6.09 Å². The Morgan fingerprint density at radius 3 is 2.74 bits per heavy atom. The average Bonchev–Trinajstić information content (AvgIpc) is 3.37. The molecule has 4 aromatic rings.